The molecule has 2 atom stereocenters. The van der Waals surface area contributed by atoms with Crippen LogP contribution in [0, 0.1) is 5.92 Å². The molecule has 1 fully saturated rings. The second-order valence-electron chi connectivity index (χ2n) is 5.11. The van der Waals surface area contributed by atoms with E-state index in [1.807, 2.05) is 0 Å². The number of hydrogen-bond acceptors (Lipinski definition) is 5. The lowest BCUT2D eigenvalue weighted by Gasteiger charge is -2.23. The van der Waals surface area contributed by atoms with Crippen LogP contribution < -0.4 is 10.0 Å². The molecule has 6 nitrogen and oxygen atoms in total. The van der Waals surface area contributed by atoms with Gasteiger partial charge in [0, 0.05) is 12.3 Å². The lowest BCUT2D eigenvalue weighted by atomic mass is 10.0. The summed E-state index contributed by atoms with van der Waals surface area (Å²) >= 11 is 0. The monoisotopic (exact) mass is 298 g/mol. The Labute approximate surface area is 110 Å². The SMILES string of the molecule is CC(CS(C)(=O)=O)NS(=O)(=O)CC1CCCNC1. The number of hydrogen-bond donors (Lipinski definition) is 2. The number of rotatable bonds is 6. The van der Waals surface area contributed by atoms with Crippen LogP contribution in [0.25, 0.3) is 0 Å². The van der Waals surface area contributed by atoms with Crippen LogP contribution in [0.1, 0.15) is 19.8 Å². The van der Waals surface area contributed by atoms with Crippen molar-refractivity contribution < 1.29 is 16.8 Å². The van der Waals surface area contributed by atoms with Crippen molar-refractivity contribution in [2.24, 2.45) is 5.92 Å². The Balaban J connectivity index is 2.48. The zero-order chi connectivity index (χ0) is 13.8. The van der Waals surface area contributed by atoms with Crippen molar-refractivity contribution in [1.82, 2.24) is 10.0 Å². The Morgan fingerprint density at radius 3 is 2.50 bits per heavy atom. The van der Waals surface area contributed by atoms with E-state index in [4.69, 9.17) is 0 Å². The van der Waals surface area contributed by atoms with Gasteiger partial charge in [-0.05, 0) is 38.8 Å². The molecule has 1 aliphatic rings. The van der Waals surface area contributed by atoms with Crippen LogP contribution in [0.3, 0.4) is 0 Å². The van der Waals surface area contributed by atoms with Gasteiger partial charge in [-0.3, -0.25) is 0 Å². The normalized spacial score (nSPS) is 23.8. The molecule has 1 heterocycles. The highest BCUT2D eigenvalue weighted by Crippen LogP contribution is 2.12. The highest BCUT2D eigenvalue weighted by Gasteiger charge is 2.23. The highest BCUT2D eigenvalue weighted by atomic mass is 32.2. The van der Waals surface area contributed by atoms with Gasteiger partial charge in [0.2, 0.25) is 10.0 Å². The number of nitrogens with one attached hydrogen (secondary N) is 2. The smallest absolute Gasteiger partial charge is 0.212 e. The minimum absolute atomic E-state index is 0.0636. The molecule has 0 aromatic heterocycles. The molecule has 108 valence electrons. The van der Waals surface area contributed by atoms with Gasteiger partial charge in [0.1, 0.15) is 9.84 Å². The van der Waals surface area contributed by atoms with Crippen LogP contribution in [0.15, 0.2) is 0 Å². The molecule has 1 aliphatic heterocycles. The van der Waals surface area contributed by atoms with Gasteiger partial charge in [0.25, 0.3) is 0 Å². The molecule has 0 spiro atoms. The average Bonchev–Trinajstić information content (AvgIpc) is 2.13. The van der Waals surface area contributed by atoms with E-state index in [1.165, 1.54) is 0 Å². The topological polar surface area (TPSA) is 92.3 Å². The van der Waals surface area contributed by atoms with Gasteiger partial charge in [-0.2, -0.15) is 0 Å². The largest absolute Gasteiger partial charge is 0.316 e. The van der Waals surface area contributed by atoms with E-state index >= 15 is 0 Å². The molecule has 0 amide bonds. The van der Waals surface area contributed by atoms with Gasteiger partial charge in [0.05, 0.1) is 11.5 Å². The third kappa shape index (κ3) is 6.67. The van der Waals surface area contributed by atoms with Gasteiger partial charge in [-0.25, -0.2) is 21.6 Å². The molecule has 0 aromatic carbocycles. The van der Waals surface area contributed by atoms with Crippen LogP contribution in [-0.2, 0) is 19.9 Å². The van der Waals surface area contributed by atoms with Crippen molar-refractivity contribution >= 4 is 19.9 Å². The maximum absolute atomic E-state index is 11.9. The summed E-state index contributed by atoms with van der Waals surface area (Å²) in [6.45, 7) is 3.22. The first-order valence-corrected chi connectivity index (χ1v) is 9.78. The van der Waals surface area contributed by atoms with Gasteiger partial charge in [-0.1, -0.05) is 0 Å². The minimum Gasteiger partial charge on any atom is -0.316 e. The standard InChI is InChI=1S/C10H22N2O4S2/c1-9(7-17(2,13)14)12-18(15,16)8-10-4-3-5-11-6-10/h9-12H,3-8H2,1-2H3. The average molecular weight is 298 g/mol. The molecule has 0 bridgehead atoms. The maximum Gasteiger partial charge on any atom is 0.212 e. The second-order valence-corrected chi connectivity index (χ2v) is 9.09. The molecule has 2 N–H and O–H groups in total. The summed E-state index contributed by atoms with van der Waals surface area (Å²) in [4.78, 5) is 0. The van der Waals surface area contributed by atoms with Crippen molar-refractivity contribution in [3.05, 3.63) is 0 Å². The van der Waals surface area contributed by atoms with E-state index in [1.54, 1.807) is 6.92 Å². The molecular formula is C10H22N2O4S2. The molecule has 0 radical (unpaired) electrons. The molecule has 1 rings (SSSR count). The molecule has 18 heavy (non-hydrogen) atoms. The van der Waals surface area contributed by atoms with Gasteiger partial charge in [-0.15, -0.1) is 0 Å². The molecular weight excluding hydrogens is 276 g/mol. The lowest BCUT2D eigenvalue weighted by Crippen LogP contribution is -2.42. The Morgan fingerprint density at radius 1 is 1.33 bits per heavy atom. The van der Waals surface area contributed by atoms with E-state index in [2.05, 4.69) is 10.0 Å². The molecule has 0 aromatic rings. The predicted octanol–water partition coefficient (Wildman–Crippen LogP) is -0.661. The van der Waals surface area contributed by atoms with Crippen molar-refractivity contribution in [1.29, 1.82) is 0 Å². The van der Waals surface area contributed by atoms with E-state index in [0.29, 0.717) is 6.54 Å². The Kier molecular flexibility index (Phi) is 5.57. The van der Waals surface area contributed by atoms with E-state index in [0.717, 1.165) is 25.6 Å². The van der Waals surface area contributed by atoms with Crippen molar-refractivity contribution in [2.45, 2.75) is 25.8 Å². The number of sulfone groups is 1. The summed E-state index contributed by atoms with van der Waals surface area (Å²) in [5.41, 5.74) is 0. The first kappa shape index (κ1) is 15.9. The first-order chi connectivity index (χ1) is 8.18. The maximum atomic E-state index is 11.9. The minimum atomic E-state index is -3.41. The molecule has 0 saturated carbocycles. The lowest BCUT2D eigenvalue weighted by molar-refractivity contribution is 0.402. The zero-order valence-electron chi connectivity index (χ0n) is 10.8. The third-order valence-electron chi connectivity index (χ3n) is 2.79. The quantitative estimate of drug-likeness (QED) is 0.679. The summed E-state index contributed by atoms with van der Waals surface area (Å²) in [6.07, 6.45) is 2.98. The zero-order valence-corrected chi connectivity index (χ0v) is 12.5. The first-order valence-electron chi connectivity index (χ1n) is 6.06. The Morgan fingerprint density at radius 2 is 2.00 bits per heavy atom. The summed E-state index contributed by atoms with van der Waals surface area (Å²) in [5, 5.41) is 3.16. The third-order valence-corrected chi connectivity index (χ3v) is 5.56. The predicted molar refractivity (Wildman–Crippen MR) is 71.7 cm³/mol. The Bertz CT molecular complexity index is 452. The fourth-order valence-corrected chi connectivity index (χ4v) is 5.01. The number of sulfonamides is 1. The van der Waals surface area contributed by atoms with Crippen LogP contribution in [0.2, 0.25) is 0 Å². The summed E-state index contributed by atoms with van der Waals surface area (Å²) in [6, 6.07) is -0.582. The Hall–Kier alpha value is -0.180. The van der Waals surface area contributed by atoms with Crippen LogP contribution in [-0.4, -0.2) is 53.7 Å². The van der Waals surface area contributed by atoms with Crippen molar-refractivity contribution in [3.63, 3.8) is 0 Å². The fourth-order valence-electron chi connectivity index (χ4n) is 2.22. The molecule has 1 saturated heterocycles. The second kappa shape index (κ2) is 6.31. The summed E-state index contributed by atoms with van der Waals surface area (Å²) in [7, 11) is -6.58. The van der Waals surface area contributed by atoms with Crippen LogP contribution in [0.5, 0.6) is 0 Å². The van der Waals surface area contributed by atoms with Crippen LogP contribution >= 0.6 is 0 Å². The van der Waals surface area contributed by atoms with Gasteiger partial charge < -0.3 is 5.32 Å². The van der Waals surface area contributed by atoms with Gasteiger partial charge >= 0.3 is 0 Å². The summed E-state index contributed by atoms with van der Waals surface area (Å²) in [5.74, 6) is 0.00478. The van der Waals surface area contributed by atoms with E-state index < -0.39 is 25.9 Å². The van der Waals surface area contributed by atoms with E-state index in [-0.39, 0.29) is 17.4 Å². The van der Waals surface area contributed by atoms with Crippen LogP contribution in [0.4, 0.5) is 0 Å². The molecule has 8 heteroatoms. The molecule has 0 aliphatic carbocycles. The fraction of sp³-hybridized carbons (Fsp3) is 1.00. The highest BCUT2D eigenvalue weighted by molar-refractivity contribution is 7.91. The van der Waals surface area contributed by atoms with Crippen molar-refractivity contribution in [2.75, 3.05) is 30.9 Å². The van der Waals surface area contributed by atoms with E-state index in [9.17, 15) is 16.8 Å². The van der Waals surface area contributed by atoms with Gasteiger partial charge in [0.15, 0.2) is 0 Å². The molecule has 2 unspecified atom stereocenters. The summed E-state index contributed by atoms with van der Waals surface area (Å²) < 4.78 is 48.3. The number of piperidine rings is 1. The van der Waals surface area contributed by atoms with Crippen molar-refractivity contribution in [3.8, 4) is 0 Å².